The first-order valence-electron chi connectivity index (χ1n) is 12.3. The van der Waals surface area contributed by atoms with Crippen molar-refractivity contribution in [3.63, 3.8) is 0 Å². The monoisotopic (exact) mass is 476 g/mol. The number of fused-ring (bicyclic) bond motifs is 2. The fourth-order valence-electron chi connectivity index (χ4n) is 5.77. The lowest BCUT2D eigenvalue weighted by Gasteiger charge is -2.38. The van der Waals surface area contributed by atoms with Gasteiger partial charge in [-0.3, -0.25) is 9.59 Å². The number of aryl methyl sites for hydroxylation is 1. The zero-order valence-electron chi connectivity index (χ0n) is 19.9. The normalized spacial score (nSPS) is 25.7. The van der Waals surface area contributed by atoms with Crippen LogP contribution in [0.25, 0.3) is 5.65 Å². The molecular formula is C25H31F3N4O2. The van der Waals surface area contributed by atoms with Gasteiger partial charge in [-0.25, -0.2) is 4.98 Å². The van der Waals surface area contributed by atoms with E-state index in [0.717, 1.165) is 30.7 Å². The number of halogens is 3. The second-order valence-corrected chi connectivity index (χ2v) is 10.1. The van der Waals surface area contributed by atoms with Gasteiger partial charge in [-0.2, -0.15) is 13.2 Å². The van der Waals surface area contributed by atoms with Gasteiger partial charge in [-0.1, -0.05) is 20.8 Å². The van der Waals surface area contributed by atoms with Crippen LogP contribution in [0.3, 0.4) is 0 Å². The van der Waals surface area contributed by atoms with E-state index in [9.17, 15) is 22.8 Å². The Morgan fingerprint density at radius 2 is 1.88 bits per heavy atom. The zero-order valence-corrected chi connectivity index (χ0v) is 19.9. The molecule has 3 aliphatic rings. The summed E-state index contributed by atoms with van der Waals surface area (Å²) in [6, 6.07) is 1.42. The molecule has 2 aromatic rings. The number of piperazine rings is 1. The van der Waals surface area contributed by atoms with Gasteiger partial charge < -0.3 is 14.2 Å². The van der Waals surface area contributed by atoms with E-state index in [1.54, 1.807) is 13.1 Å². The minimum absolute atomic E-state index is 0.0117. The lowest BCUT2D eigenvalue weighted by atomic mass is 9.99. The summed E-state index contributed by atoms with van der Waals surface area (Å²) in [5.74, 6) is 0.893. The number of nitrogens with zero attached hydrogens (tertiary/aromatic N) is 4. The topological polar surface area (TPSA) is 57.9 Å². The van der Waals surface area contributed by atoms with Gasteiger partial charge in [-0.05, 0) is 61.5 Å². The quantitative estimate of drug-likeness (QED) is 0.638. The highest BCUT2D eigenvalue weighted by atomic mass is 19.4. The predicted molar refractivity (Wildman–Crippen MR) is 121 cm³/mol. The molecule has 9 heteroatoms. The highest BCUT2D eigenvalue weighted by Gasteiger charge is 2.49. The maximum atomic E-state index is 13.9. The van der Waals surface area contributed by atoms with Crippen molar-refractivity contribution >= 4 is 17.5 Å². The van der Waals surface area contributed by atoms with Gasteiger partial charge in [0, 0.05) is 25.3 Å². The Morgan fingerprint density at radius 3 is 2.47 bits per heavy atom. The molecule has 1 saturated heterocycles. The Labute approximate surface area is 197 Å². The minimum atomic E-state index is -4.59. The van der Waals surface area contributed by atoms with Crippen molar-refractivity contribution in [2.75, 3.05) is 19.6 Å². The van der Waals surface area contributed by atoms with E-state index >= 15 is 0 Å². The number of carbonyl (C=O) groups is 2. The van der Waals surface area contributed by atoms with Crippen LogP contribution < -0.4 is 0 Å². The van der Waals surface area contributed by atoms with E-state index in [1.807, 2.05) is 18.7 Å². The van der Waals surface area contributed by atoms with Crippen molar-refractivity contribution in [3.05, 3.63) is 34.8 Å². The molecule has 5 rings (SSSR count). The number of rotatable bonds is 5. The molecule has 2 saturated carbocycles. The van der Waals surface area contributed by atoms with E-state index in [0.29, 0.717) is 37.2 Å². The number of hydrogen-bond donors (Lipinski definition) is 0. The van der Waals surface area contributed by atoms with Crippen LogP contribution >= 0.6 is 0 Å². The van der Waals surface area contributed by atoms with Crippen LogP contribution in [-0.4, -0.2) is 56.7 Å². The molecule has 6 nitrogen and oxygen atoms in total. The van der Waals surface area contributed by atoms with Crippen molar-refractivity contribution in [1.82, 2.24) is 19.2 Å². The fraction of sp³-hybridized carbons (Fsp3) is 0.640. The van der Waals surface area contributed by atoms with E-state index in [1.165, 1.54) is 15.7 Å². The number of carbonyl (C=O) groups excluding carboxylic acids is 2. The van der Waals surface area contributed by atoms with Gasteiger partial charge in [0.15, 0.2) is 5.69 Å². The standard InChI is InChI=1S/C25H31F3N4O2/c1-4-14(3)17-11-19(25(26,27)28)23-29-22(20(5-2)32(23)12-17)24(34)30-6-7-31(21(33)13-30)18-9-15-8-16(15)10-18/h11-12,14-16,18H,4-10,13H2,1-3H3. The lowest BCUT2D eigenvalue weighted by molar-refractivity contribution is -0.138. The summed E-state index contributed by atoms with van der Waals surface area (Å²) < 4.78 is 43.3. The Kier molecular flexibility index (Phi) is 5.64. The van der Waals surface area contributed by atoms with Crippen LogP contribution in [0.15, 0.2) is 12.3 Å². The SMILES string of the molecule is CCc1c(C(=O)N2CCN(C3CC4CC4C3)C(=O)C2)nc2c(C(F)(F)F)cc(C(C)CC)cn12. The second kappa shape index (κ2) is 8.27. The van der Waals surface area contributed by atoms with Crippen LogP contribution in [0.5, 0.6) is 0 Å². The summed E-state index contributed by atoms with van der Waals surface area (Å²) in [4.78, 5) is 33.8. The number of alkyl halides is 3. The minimum Gasteiger partial charge on any atom is -0.336 e. The molecule has 0 N–H and O–H groups in total. The van der Waals surface area contributed by atoms with Crippen molar-refractivity contribution in [3.8, 4) is 0 Å². The molecule has 2 aromatic heterocycles. The van der Waals surface area contributed by atoms with Crippen LogP contribution in [0.4, 0.5) is 13.2 Å². The van der Waals surface area contributed by atoms with Gasteiger partial charge in [-0.15, -0.1) is 0 Å². The van der Waals surface area contributed by atoms with E-state index in [4.69, 9.17) is 0 Å². The van der Waals surface area contributed by atoms with Gasteiger partial charge in [0.2, 0.25) is 5.91 Å². The largest absolute Gasteiger partial charge is 0.419 e. The number of hydrogen-bond acceptors (Lipinski definition) is 3. The lowest BCUT2D eigenvalue weighted by Crippen LogP contribution is -2.55. The molecule has 2 aliphatic carbocycles. The van der Waals surface area contributed by atoms with E-state index in [2.05, 4.69) is 4.98 Å². The van der Waals surface area contributed by atoms with Gasteiger partial charge >= 0.3 is 6.18 Å². The molecular weight excluding hydrogens is 445 g/mol. The summed E-state index contributed by atoms with van der Waals surface area (Å²) in [6.45, 7) is 6.41. The van der Waals surface area contributed by atoms with Crippen molar-refractivity contribution in [1.29, 1.82) is 0 Å². The molecule has 34 heavy (non-hydrogen) atoms. The maximum absolute atomic E-state index is 13.9. The summed E-state index contributed by atoms with van der Waals surface area (Å²) in [5, 5.41) is 0. The maximum Gasteiger partial charge on any atom is 0.419 e. The molecule has 3 atom stereocenters. The first kappa shape index (κ1) is 23.2. The number of aromatic nitrogens is 2. The third kappa shape index (κ3) is 3.86. The zero-order chi connectivity index (χ0) is 24.4. The average molecular weight is 477 g/mol. The molecule has 3 heterocycles. The van der Waals surface area contributed by atoms with E-state index < -0.39 is 17.6 Å². The van der Waals surface area contributed by atoms with Gasteiger partial charge in [0.25, 0.3) is 5.91 Å². The predicted octanol–water partition coefficient (Wildman–Crippen LogP) is 4.51. The third-order valence-electron chi connectivity index (χ3n) is 8.07. The molecule has 0 spiro atoms. The van der Waals surface area contributed by atoms with E-state index in [-0.39, 0.29) is 35.8 Å². The first-order valence-corrected chi connectivity index (χ1v) is 12.3. The fourth-order valence-corrected chi connectivity index (χ4v) is 5.77. The Balaban J connectivity index is 1.46. The molecule has 1 aliphatic heterocycles. The molecule has 184 valence electrons. The van der Waals surface area contributed by atoms with Crippen LogP contribution in [0.2, 0.25) is 0 Å². The molecule has 0 radical (unpaired) electrons. The number of imidazole rings is 1. The Bertz CT molecular complexity index is 1130. The highest BCUT2D eigenvalue weighted by molar-refractivity contribution is 5.97. The van der Waals surface area contributed by atoms with Crippen LogP contribution in [0, 0.1) is 11.8 Å². The van der Waals surface area contributed by atoms with Crippen LogP contribution in [0.1, 0.15) is 79.7 Å². The Hall–Kier alpha value is -2.58. The Morgan fingerprint density at radius 1 is 1.18 bits per heavy atom. The number of pyridine rings is 1. The molecule has 3 fully saturated rings. The summed E-state index contributed by atoms with van der Waals surface area (Å²) >= 11 is 0. The average Bonchev–Trinajstić information content (AvgIpc) is 3.24. The summed E-state index contributed by atoms with van der Waals surface area (Å²) in [5.41, 5.74) is -0.0689. The van der Waals surface area contributed by atoms with Crippen LogP contribution in [-0.2, 0) is 17.4 Å². The molecule has 3 unspecified atom stereocenters. The summed E-state index contributed by atoms with van der Waals surface area (Å²) in [7, 11) is 0. The first-order chi connectivity index (χ1) is 16.1. The number of amides is 2. The van der Waals surface area contributed by atoms with Crippen molar-refractivity contribution in [2.24, 2.45) is 11.8 Å². The summed E-state index contributed by atoms with van der Waals surface area (Å²) in [6.07, 6.45) is 1.50. The highest BCUT2D eigenvalue weighted by Crippen LogP contribution is 2.53. The smallest absolute Gasteiger partial charge is 0.336 e. The molecule has 0 bridgehead atoms. The third-order valence-corrected chi connectivity index (χ3v) is 8.07. The molecule has 0 aromatic carbocycles. The van der Waals surface area contributed by atoms with Crippen molar-refractivity contribution in [2.45, 2.75) is 71.0 Å². The van der Waals surface area contributed by atoms with Crippen molar-refractivity contribution < 1.29 is 22.8 Å². The molecule has 2 amide bonds. The second-order valence-electron chi connectivity index (χ2n) is 10.1. The van der Waals surface area contributed by atoms with Gasteiger partial charge in [0.1, 0.15) is 12.2 Å². The van der Waals surface area contributed by atoms with Gasteiger partial charge in [0.05, 0.1) is 11.3 Å².